The van der Waals surface area contributed by atoms with Gasteiger partial charge >= 0.3 is 6.03 Å². The number of aromatic amines is 1. The third-order valence-electron chi connectivity index (χ3n) is 5.72. The summed E-state index contributed by atoms with van der Waals surface area (Å²) in [4.78, 5) is 30.1. The molecule has 1 N–H and O–H groups in total. The lowest BCUT2D eigenvalue weighted by Gasteiger charge is -2.32. The molecule has 2 aliphatic heterocycles. The third kappa shape index (κ3) is 3.02. The van der Waals surface area contributed by atoms with Crippen LogP contribution in [0.5, 0.6) is 0 Å². The Balaban J connectivity index is 0.00000196. The van der Waals surface area contributed by atoms with Crippen molar-refractivity contribution in [3.05, 3.63) is 11.5 Å². The summed E-state index contributed by atoms with van der Waals surface area (Å²) in [6.45, 7) is 10.0. The van der Waals surface area contributed by atoms with E-state index in [1.54, 1.807) is 0 Å². The molecular formula is C19H30ClN5O. The van der Waals surface area contributed by atoms with Crippen LogP contribution >= 0.6 is 12.4 Å². The van der Waals surface area contributed by atoms with Crippen LogP contribution < -0.4 is 4.90 Å². The van der Waals surface area contributed by atoms with Crippen LogP contribution in [0.15, 0.2) is 4.99 Å². The second-order valence-corrected chi connectivity index (χ2v) is 8.68. The number of amides is 2. The number of hydrogen-bond donors (Lipinski definition) is 1. The summed E-state index contributed by atoms with van der Waals surface area (Å²) in [5.74, 6) is 3.13. The average molecular weight is 380 g/mol. The topological polar surface area (TPSA) is 64.6 Å². The molecule has 0 radical (unpaired) electrons. The molecule has 3 aliphatic rings. The summed E-state index contributed by atoms with van der Waals surface area (Å²) < 4.78 is 0. The Labute approximate surface area is 161 Å². The van der Waals surface area contributed by atoms with E-state index in [0.29, 0.717) is 19.0 Å². The van der Waals surface area contributed by atoms with Gasteiger partial charge in [0.2, 0.25) is 0 Å². The number of carbonyl (C=O) groups is 1. The highest BCUT2D eigenvalue weighted by Crippen LogP contribution is 2.38. The van der Waals surface area contributed by atoms with E-state index in [-0.39, 0.29) is 29.9 Å². The van der Waals surface area contributed by atoms with Crippen LogP contribution in [0.1, 0.15) is 77.2 Å². The fourth-order valence-electron chi connectivity index (χ4n) is 4.14. The SMILES string of the molecule is CCCN1C(=O)N2C[C@H](C(C)(C)C)N=C2c2[nH]c(C3CCCC3)nc21.Cl. The number of carbonyl (C=O) groups excluding carboxylic acids is 1. The molecule has 4 rings (SSSR count). The smallest absolute Gasteiger partial charge is 0.331 e. The molecular weight excluding hydrogens is 350 g/mol. The molecule has 6 nitrogen and oxygen atoms in total. The zero-order chi connectivity index (χ0) is 17.8. The molecule has 26 heavy (non-hydrogen) atoms. The first kappa shape index (κ1) is 19.2. The molecule has 1 aliphatic carbocycles. The third-order valence-corrected chi connectivity index (χ3v) is 5.72. The predicted octanol–water partition coefficient (Wildman–Crippen LogP) is 4.32. The van der Waals surface area contributed by atoms with Crippen molar-refractivity contribution in [1.82, 2.24) is 14.9 Å². The predicted molar refractivity (Wildman–Crippen MR) is 107 cm³/mol. The fraction of sp³-hybridized carbons (Fsp3) is 0.737. The number of imidazole rings is 1. The van der Waals surface area contributed by atoms with E-state index >= 15 is 0 Å². The lowest BCUT2D eigenvalue weighted by atomic mass is 9.87. The molecule has 1 saturated carbocycles. The number of urea groups is 1. The number of hydrogen-bond acceptors (Lipinski definition) is 3. The van der Waals surface area contributed by atoms with Crippen LogP contribution in [-0.2, 0) is 0 Å². The highest BCUT2D eigenvalue weighted by Gasteiger charge is 2.45. The largest absolute Gasteiger partial charge is 0.337 e. The molecule has 0 bridgehead atoms. The zero-order valence-corrected chi connectivity index (χ0v) is 17.0. The number of anilines is 1. The van der Waals surface area contributed by atoms with Crippen LogP contribution in [0.4, 0.5) is 10.6 Å². The number of amidine groups is 1. The van der Waals surface area contributed by atoms with Crippen LogP contribution in [-0.4, -0.2) is 45.9 Å². The van der Waals surface area contributed by atoms with E-state index in [4.69, 9.17) is 9.98 Å². The molecule has 2 amide bonds. The second-order valence-electron chi connectivity index (χ2n) is 8.68. The molecule has 144 valence electrons. The molecule has 7 heteroatoms. The molecule has 3 heterocycles. The van der Waals surface area contributed by atoms with Crippen molar-refractivity contribution in [3.8, 4) is 0 Å². The molecule has 1 aromatic rings. The van der Waals surface area contributed by atoms with Gasteiger partial charge in [0.1, 0.15) is 11.5 Å². The van der Waals surface area contributed by atoms with Crippen molar-refractivity contribution in [1.29, 1.82) is 0 Å². The van der Waals surface area contributed by atoms with E-state index in [0.717, 1.165) is 29.6 Å². The lowest BCUT2D eigenvalue weighted by molar-refractivity contribution is 0.220. The van der Waals surface area contributed by atoms with Gasteiger partial charge in [0.15, 0.2) is 11.7 Å². The highest BCUT2D eigenvalue weighted by molar-refractivity contribution is 6.18. The summed E-state index contributed by atoms with van der Waals surface area (Å²) in [6.07, 6.45) is 5.84. The summed E-state index contributed by atoms with van der Waals surface area (Å²) in [6, 6.07) is 0.156. The standard InChI is InChI=1S/C19H29N5O.ClH/c1-5-10-23-17-14(21-15(22-17)12-8-6-7-9-12)16-20-13(19(2,3)4)11-24(16)18(23)25;/h12-13H,5-11H2,1-4H3,(H,21,22);1H/t13-;/m1./s1. The van der Waals surface area contributed by atoms with Crippen molar-refractivity contribution >= 4 is 30.1 Å². The molecule has 1 fully saturated rings. The minimum absolute atomic E-state index is 0. The normalized spacial score (nSPS) is 23.0. The van der Waals surface area contributed by atoms with Crippen LogP contribution in [0.3, 0.4) is 0 Å². The van der Waals surface area contributed by atoms with Gasteiger partial charge in [-0.05, 0) is 24.7 Å². The van der Waals surface area contributed by atoms with E-state index < -0.39 is 0 Å². The first-order chi connectivity index (χ1) is 11.9. The maximum absolute atomic E-state index is 13.1. The van der Waals surface area contributed by atoms with Gasteiger partial charge in [0.25, 0.3) is 0 Å². The van der Waals surface area contributed by atoms with Gasteiger partial charge < -0.3 is 4.98 Å². The number of halogens is 1. The van der Waals surface area contributed by atoms with Gasteiger partial charge in [0.05, 0.1) is 12.6 Å². The number of aromatic nitrogens is 2. The summed E-state index contributed by atoms with van der Waals surface area (Å²) in [5, 5.41) is 0. The molecule has 0 spiro atoms. The number of aliphatic imine (C=N–C) groups is 1. The Morgan fingerprint density at radius 2 is 1.92 bits per heavy atom. The molecule has 1 atom stereocenters. The van der Waals surface area contributed by atoms with Crippen molar-refractivity contribution < 1.29 is 4.79 Å². The summed E-state index contributed by atoms with van der Waals surface area (Å²) >= 11 is 0. The molecule has 0 saturated heterocycles. The molecule has 0 aromatic carbocycles. The lowest BCUT2D eigenvalue weighted by Crippen LogP contribution is -2.51. The van der Waals surface area contributed by atoms with Crippen LogP contribution in [0.2, 0.25) is 0 Å². The Kier molecular flexibility index (Phi) is 5.08. The minimum atomic E-state index is 0. The second kappa shape index (κ2) is 6.87. The van der Waals surface area contributed by atoms with Gasteiger partial charge in [-0.1, -0.05) is 40.5 Å². The van der Waals surface area contributed by atoms with Crippen molar-refractivity contribution in [3.63, 3.8) is 0 Å². The van der Waals surface area contributed by atoms with E-state index in [1.807, 2.05) is 9.80 Å². The number of rotatable bonds is 3. The van der Waals surface area contributed by atoms with Gasteiger partial charge in [-0.3, -0.25) is 14.8 Å². The summed E-state index contributed by atoms with van der Waals surface area (Å²) in [7, 11) is 0. The number of fused-ring (bicyclic) bond motifs is 3. The monoisotopic (exact) mass is 379 g/mol. The zero-order valence-electron chi connectivity index (χ0n) is 16.2. The van der Waals surface area contributed by atoms with E-state index in [9.17, 15) is 4.79 Å². The Morgan fingerprint density at radius 3 is 2.54 bits per heavy atom. The van der Waals surface area contributed by atoms with Crippen molar-refractivity contribution in [2.24, 2.45) is 10.4 Å². The van der Waals surface area contributed by atoms with Crippen LogP contribution in [0, 0.1) is 5.41 Å². The Bertz CT molecular complexity index is 714. The van der Waals surface area contributed by atoms with Gasteiger partial charge in [-0.2, -0.15) is 0 Å². The van der Waals surface area contributed by atoms with Crippen molar-refractivity contribution in [2.75, 3.05) is 18.0 Å². The highest BCUT2D eigenvalue weighted by atomic mass is 35.5. The van der Waals surface area contributed by atoms with Gasteiger partial charge in [-0.25, -0.2) is 9.78 Å². The average Bonchev–Trinajstić information content (AvgIpc) is 3.27. The quantitative estimate of drug-likeness (QED) is 0.850. The van der Waals surface area contributed by atoms with E-state index in [1.165, 1.54) is 25.7 Å². The van der Waals surface area contributed by atoms with Crippen LogP contribution in [0.25, 0.3) is 0 Å². The number of H-pyrrole nitrogens is 1. The Morgan fingerprint density at radius 1 is 1.23 bits per heavy atom. The van der Waals surface area contributed by atoms with Gasteiger partial charge in [-0.15, -0.1) is 12.4 Å². The molecule has 1 aromatic heterocycles. The Hall–Kier alpha value is -1.56. The minimum Gasteiger partial charge on any atom is -0.337 e. The number of nitrogens with one attached hydrogen (secondary N) is 1. The first-order valence-electron chi connectivity index (χ1n) is 9.67. The molecule has 0 unspecified atom stereocenters. The fourth-order valence-corrected chi connectivity index (χ4v) is 4.14. The maximum atomic E-state index is 13.1. The van der Waals surface area contributed by atoms with Crippen molar-refractivity contribution in [2.45, 2.75) is 71.8 Å². The number of nitrogens with zero attached hydrogens (tertiary/aromatic N) is 4. The summed E-state index contributed by atoms with van der Waals surface area (Å²) in [5.41, 5.74) is 0.982. The first-order valence-corrected chi connectivity index (χ1v) is 9.67. The maximum Gasteiger partial charge on any atom is 0.331 e. The van der Waals surface area contributed by atoms with E-state index in [2.05, 4.69) is 32.7 Å². The van der Waals surface area contributed by atoms with Gasteiger partial charge in [0, 0.05) is 12.5 Å².